The van der Waals surface area contributed by atoms with E-state index in [1.807, 2.05) is 11.0 Å². The minimum absolute atomic E-state index is 0.0990. The molecule has 23 heavy (non-hydrogen) atoms. The van der Waals surface area contributed by atoms with Crippen molar-refractivity contribution < 1.29 is 14.3 Å². The van der Waals surface area contributed by atoms with Gasteiger partial charge in [-0.05, 0) is 18.4 Å². The number of benzene rings is 1. The third-order valence-corrected chi connectivity index (χ3v) is 4.94. The Morgan fingerprint density at radius 2 is 1.91 bits per heavy atom. The second-order valence-electron chi connectivity index (χ2n) is 6.46. The van der Waals surface area contributed by atoms with Crippen LogP contribution >= 0.6 is 0 Å². The fourth-order valence-corrected chi connectivity index (χ4v) is 3.64. The minimum atomic E-state index is -0.283. The van der Waals surface area contributed by atoms with Crippen molar-refractivity contribution in [3.8, 4) is 0 Å². The Balaban J connectivity index is 1.51. The molecule has 1 atom stereocenters. The second-order valence-corrected chi connectivity index (χ2v) is 6.46. The molecule has 0 spiro atoms. The maximum absolute atomic E-state index is 12.2. The maximum atomic E-state index is 12.2. The molecule has 2 heterocycles. The van der Waals surface area contributed by atoms with Crippen molar-refractivity contribution in [2.24, 2.45) is 5.92 Å². The molecular formula is C18H24N2O3. The number of piperidine rings is 1. The second kappa shape index (κ2) is 7.13. The Morgan fingerprint density at radius 3 is 2.57 bits per heavy atom. The molecule has 0 saturated carbocycles. The van der Waals surface area contributed by atoms with Gasteiger partial charge in [-0.25, -0.2) is 0 Å². The van der Waals surface area contributed by atoms with E-state index in [1.165, 1.54) is 12.7 Å². The monoisotopic (exact) mass is 316 g/mol. The van der Waals surface area contributed by atoms with Crippen LogP contribution in [0.3, 0.4) is 0 Å². The van der Waals surface area contributed by atoms with Crippen molar-refractivity contribution in [2.75, 3.05) is 26.7 Å². The Morgan fingerprint density at radius 1 is 1.22 bits per heavy atom. The summed E-state index contributed by atoms with van der Waals surface area (Å²) in [6.45, 7) is 3.47. The molecule has 0 aliphatic carbocycles. The number of likely N-dealkylation sites (tertiary alicyclic amines) is 2. The molecule has 2 aliphatic heterocycles. The zero-order chi connectivity index (χ0) is 16.2. The van der Waals surface area contributed by atoms with E-state index in [0.717, 1.165) is 32.5 Å². The molecule has 5 heteroatoms. The lowest BCUT2D eigenvalue weighted by Gasteiger charge is -2.36. The molecule has 1 amide bonds. The highest BCUT2D eigenvalue weighted by Gasteiger charge is 2.39. The summed E-state index contributed by atoms with van der Waals surface area (Å²) < 4.78 is 4.78. The highest BCUT2D eigenvalue weighted by atomic mass is 16.5. The summed E-state index contributed by atoms with van der Waals surface area (Å²) >= 11 is 0. The highest BCUT2D eigenvalue weighted by Crippen LogP contribution is 2.26. The molecule has 0 N–H and O–H groups in total. The lowest BCUT2D eigenvalue weighted by molar-refractivity contribution is -0.145. The van der Waals surface area contributed by atoms with Gasteiger partial charge in [-0.1, -0.05) is 30.3 Å². The van der Waals surface area contributed by atoms with Gasteiger partial charge in [0.05, 0.1) is 13.0 Å². The molecule has 1 unspecified atom stereocenters. The highest BCUT2D eigenvalue weighted by molar-refractivity contribution is 5.87. The van der Waals surface area contributed by atoms with Crippen molar-refractivity contribution in [2.45, 2.75) is 31.8 Å². The maximum Gasteiger partial charge on any atom is 0.310 e. The van der Waals surface area contributed by atoms with Gasteiger partial charge in [0.25, 0.3) is 0 Å². The predicted molar refractivity (Wildman–Crippen MR) is 86.6 cm³/mol. The van der Waals surface area contributed by atoms with E-state index in [-0.39, 0.29) is 23.8 Å². The standard InChI is InChI=1S/C18H24N2O3/c1-23-18(22)15-11-17(21)20(13-15)16-7-9-19(10-8-16)12-14-5-3-2-4-6-14/h2-6,15-16H,7-13H2,1H3. The third kappa shape index (κ3) is 3.72. The van der Waals surface area contributed by atoms with Gasteiger partial charge in [-0.15, -0.1) is 0 Å². The lowest BCUT2D eigenvalue weighted by Crippen LogP contribution is -2.45. The molecule has 2 aliphatic rings. The van der Waals surface area contributed by atoms with Crippen molar-refractivity contribution in [3.05, 3.63) is 35.9 Å². The molecule has 3 rings (SSSR count). The summed E-state index contributed by atoms with van der Waals surface area (Å²) in [4.78, 5) is 28.2. The molecule has 0 aromatic heterocycles. The average Bonchev–Trinajstić information content (AvgIpc) is 2.98. The fourth-order valence-electron chi connectivity index (χ4n) is 3.64. The summed E-state index contributed by atoms with van der Waals surface area (Å²) in [6, 6.07) is 10.7. The van der Waals surface area contributed by atoms with Crippen molar-refractivity contribution in [1.29, 1.82) is 0 Å². The first-order valence-electron chi connectivity index (χ1n) is 8.31. The van der Waals surface area contributed by atoms with Crippen LogP contribution in [0.1, 0.15) is 24.8 Å². The first kappa shape index (κ1) is 16.0. The lowest BCUT2D eigenvalue weighted by atomic mass is 10.0. The van der Waals surface area contributed by atoms with E-state index >= 15 is 0 Å². The van der Waals surface area contributed by atoms with Crippen LogP contribution in [0.25, 0.3) is 0 Å². The zero-order valence-electron chi connectivity index (χ0n) is 13.6. The largest absolute Gasteiger partial charge is 0.469 e. The predicted octanol–water partition coefficient (Wildman–Crippen LogP) is 1.67. The van der Waals surface area contributed by atoms with Gasteiger partial charge in [0.15, 0.2) is 0 Å². The van der Waals surface area contributed by atoms with Crippen molar-refractivity contribution >= 4 is 11.9 Å². The van der Waals surface area contributed by atoms with Crippen LogP contribution in [0.5, 0.6) is 0 Å². The topological polar surface area (TPSA) is 49.9 Å². The zero-order valence-corrected chi connectivity index (χ0v) is 13.6. The van der Waals surface area contributed by atoms with Crippen LogP contribution in [-0.4, -0.2) is 54.5 Å². The van der Waals surface area contributed by atoms with Gasteiger partial charge in [0.1, 0.15) is 0 Å². The summed E-state index contributed by atoms with van der Waals surface area (Å²) in [5.74, 6) is -0.445. The number of ether oxygens (including phenoxy) is 1. The third-order valence-electron chi connectivity index (χ3n) is 4.94. The molecular weight excluding hydrogens is 292 g/mol. The van der Waals surface area contributed by atoms with Crippen LogP contribution in [0, 0.1) is 5.92 Å². The van der Waals surface area contributed by atoms with Crippen molar-refractivity contribution in [1.82, 2.24) is 9.80 Å². The molecule has 5 nitrogen and oxygen atoms in total. The van der Waals surface area contributed by atoms with Crippen LogP contribution in [0.2, 0.25) is 0 Å². The molecule has 0 radical (unpaired) electrons. The van der Waals surface area contributed by atoms with Gasteiger partial charge < -0.3 is 9.64 Å². The van der Waals surface area contributed by atoms with E-state index in [9.17, 15) is 9.59 Å². The van der Waals surface area contributed by atoms with Crippen molar-refractivity contribution in [3.63, 3.8) is 0 Å². The van der Waals surface area contributed by atoms with Gasteiger partial charge in [-0.3, -0.25) is 14.5 Å². The number of amides is 1. The SMILES string of the molecule is COC(=O)C1CC(=O)N(C2CCN(Cc3ccccc3)CC2)C1. The Hall–Kier alpha value is -1.88. The summed E-state index contributed by atoms with van der Waals surface area (Å²) in [5, 5.41) is 0. The number of hydrogen-bond donors (Lipinski definition) is 0. The van der Waals surface area contributed by atoms with Crippen LogP contribution in [0.15, 0.2) is 30.3 Å². The number of hydrogen-bond acceptors (Lipinski definition) is 4. The van der Waals surface area contributed by atoms with E-state index < -0.39 is 0 Å². The molecule has 0 bridgehead atoms. The molecule has 1 aromatic rings. The first-order chi connectivity index (χ1) is 11.2. The van der Waals surface area contributed by atoms with E-state index in [4.69, 9.17) is 4.74 Å². The van der Waals surface area contributed by atoms with Crippen LogP contribution < -0.4 is 0 Å². The first-order valence-corrected chi connectivity index (χ1v) is 8.31. The Kier molecular flexibility index (Phi) is 4.96. The van der Waals surface area contributed by atoms with Crippen LogP contribution in [0.4, 0.5) is 0 Å². The Labute approximate surface area is 137 Å². The van der Waals surface area contributed by atoms with Gasteiger partial charge >= 0.3 is 5.97 Å². The molecule has 2 fully saturated rings. The molecule has 124 valence electrons. The molecule has 1 aromatic carbocycles. The summed E-state index contributed by atoms with van der Waals surface area (Å²) in [5.41, 5.74) is 1.33. The van der Waals surface area contributed by atoms with E-state index in [2.05, 4.69) is 29.2 Å². The normalized spacial score (nSPS) is 23.3. The fraction of sp³-hybridized carbons (Fsp3) is 0.556. The number of carbonyl (C=O) groups is 2. The quantitative estimate of drug-likeness (QED) is 0.793. The average molecular weight is 316 g/mol. The summed E-state index contributed by atoms with van der Waals surface area (Å²) in [6.07, 6.45) is 2.26. The number of carbonyl (C=O) groups excluding carboxylic acids is 2. The minimum Gasteiger partial charge on any atom is -0.469 e. The van der Waals surface area contributed by atoms with E-state index in [0.29, 0.717) is 13.0 Å². The number of rotatable bonds is 4. The van der Waals surface area contributed by atoms with Crippen LogP contribution in [-0.2, 0) is 20.9 Å². The van der Waals surface area contributed by atoms with Gasteiger partial charge in [-0.2, -0.15) is 0 Å². The smallest absolute Gasteiger partial charge is 0.310 e. The molecule has 2 saturated heterocycles. The number of methoxy groups -OCH3 is 1. The summed E-state index contributed by atoms with van der Waals surface area (Å²) in [7, 11) is 1.39. The number of esters is 1. The Bertz CT molecular complexity index is 553. The number of nitrogens with zero attached hydrogens (tertiary/aromatic N) is 2. The van der Waals surface area contributed by atoms with Gasteiger partial charge in [0, 0.05) is 38.6 Å². The van der Waals surface area contributed by atoms with E-state index in [1.54, 1.807) is 0 Å². The van der Waals surface area contributed by atoms with Gasteiger partial charge in [0.2, 0.25) is 5.91 Å².